The molecule has 0 aliphatic heterocycles. The van der Waals surface area contributed by atoms with Crippen molar-refractivity contribution in [1.82, 2.24) is 0 Å². The zero-order valence-electron chi connectivity index (χ0n) is 9.10. The number of nitro groups is 1. The van der Waals surface area contributed by atoms with Crippen LogP contribution in [-0.4, -0.2) is 18.6 Å². The topological polar surface area (TPSA) is 64.4 Å². The first-order valence-corrected chi connectivity index (χ1v) is 4.86. The van der Waals surface area contributed by atoms with Crippen molar-refractivity contribution in [3.63, 3.8) is 0 Å². The van der Waals surface area contributed by atoms with Crippen LogP contribution in [0.2, 0.25) is 0 Å². The van der Waals surface area contributed by atoms with E-state index in [1.807, 2.05) is 0 Å². The fraction of sp³-hybridized carbons (Fsp3) is 0.273. The number of benzene rings is 1. The molecule has 0 aliphatic rings. The molecule has 5 heteroatoms. The maximum Gasteiger partial charge on any atom is 0.296 e. The van der Waals surface area contributed by atoms with Gasteiger partial charge in [-0.3, -0.25) is 10.1 Å². The van der Waals surface area contributed by atoms with Gasteiger partial charge in [-0.05, 0) is 18.6 Å². The first-order chi connectivity index (χ1) is 7.69. The number of hydrogen-bond donors (Lipinski definition) is 1. The Morgan fingerprint density at radius 1 is 1.62 bits per heavy atom. The molecule has 16 heavy (non-hydrogen) atoms. The van der Waals surface area contributed by atoms with Crippen molar-refractivity contribution in [2.45, 2.75) is 6.42 Å². The molecular weight excluding hydrogens is 208 g/mol. The molecule has 5 nitrogen and oxygen atoms in total. The number of anilines is 1. The molecule has 0 saturated carbocycles. The molecule has 0 fully saturated rings. The normalized spacial score (nSPS) is 9.56. The van der Waals surface area contributed by atoms with Crippen molar-refractivity contribution >= 4 is 11.4 Å². The van der Waals surface area contributed by atoms with E-state index in [2.05, 4.69) is 11.9 Å². The zero-order chi connectivity index (χ0) is 12.0. The Labute approximate surface area is 93.9 Å². The van der Waals surface area contributed by atoms with E-state index in [0.717, 1.165) is 6.42 Å². The minimum absolute atomic E-state index is 0.0170. The van der Waals surface area contributed by atoms with Gasteiger partial charge < -0.3 is 10.1 Å². The first-order valence-electron chi connectivity index (χ1n) is 4.86. The van der Waals surface area contributed by atoms with E-state index < -0.39 is 4.92 Å². The molecular formula is C11H14N2O3. The molecule has 0 spiro atoms. The molecule has 86 valence electrons. The highest BCUT2D eigenvalue weighted by atomic mass is 16.6. The van der Waals surface area contributed by atoms with Crippen LogP contribution in [0.25, 0.3) is 0 Å². The summed E-state index contributed by atoms with van der Waals surface area (Å²) < 4.78 is 4.94. The Kier molecular flexibility index (Phi) is 4.32. The van der Waals surface area contributed by atoms with Crippen LogP contribution in [0.15, 0.2) is 30.9 Å². The van der Waals surface area contributed by atoms with Crippen LogP contribution in [0, 0.1) is 10.1 Å². The Morgan fingerprint density at radius 2 is 2.38 bits per heavy atom. The number of methoxy groups -OCH3 is 1. The standard InChI is InChI=1S/C11H14N2O3/c1-3-4-7-12-10-6-5-9(16-2)8-11(10)13(14)15/h3,5-6,8,12H,1,4,7H2,2H3. The average molecular weight is 222 g/mol. The highest BCUT2D eigenvalue weighted by molar-refractivity contribution is 5.63. The summed E-state index contributed by atoms with van der Waals surface area (Å²) in [6, 6.07) is 4.72. The van der Waals surface area contributed by atoms with Crippen LogP contribution in [0.1, 0.15) is 6.42 Å². The van der Waals surface area contributed by atoms with Gasteiger partial charge in [0.1, 0.15) is 11.4 Å². The summed E-state index contributed by atoms with van der Waals surface area (Å²) in [5.41, 5.74) is 0.510. The van der Waals surface area contributed by atoms with E-state index in [9.17, 15) is 10.1 Å². The van der Waals surface area contributed by atoms with Gasteiger partial charge in [0.15, 0.2) is 0 Å². The lowest BCUT2D eigenvalue weighted by molar-refractivity contribution is -0.384. The van der Waals surface area contributed by atoms with Gasteiger partial charge in [0.2, 0.25) is 0 Å². The highest BCUT2D eigenvalue weighted by Gasteiger charge is 2.14. The Balaban J connectivity index is 2.89. The third-order valence-corrected chi connectivity index (χ3v) is 2.07. The van der Waals surface area contributed by atoms with Crippen LogP contribution >= 0.6 is 0 Å². The predicted molar refractivity (Wildman–Crippen MR) is 63.0 cm³/mol. The van der Waals surface area contributed by atoms with Gasteiger partial charge in [-0.1, -0.05) is 6.08 Å². The summed E-state index contributed by atoms with van der Waals surface area (Å²) >= 11 is 0. The molecule has 0 amide bonds. The van der Waals surface area contributed by atoms with Crippen LogP contribution in [0.3, 0.4) is 0 Å². The molecule has 0 radical (unpaired) electrons. The summed E-state index contributed by atoms with van der Waals surface area (Å²) in [5, 5.41) is 13.8. The quantitative estimate of drug-likeness (QED) is 0.348. The average Bonchev–Trinajstić information content (AvgIpc) is 2.29. The van der Waals surface area contributed by atoms with E-state index in [0.29, 0.717) is 18.0 Å². The van der Waals surface area contributed by atoms with E-state index in [1.165, 1.54) is 13.2 Å². The molecule has 1 rings (SSSR count). The number of nitrogens with one attached hydrogen (secondary N) is 1. The van der Waals surface area contributed by atoms with Gasteiger partial charge in [0.05, 0.1) is 18.1 Å². The molecule has 0 saturated heterocycles. The molecule has 0 atom stereocenters. The van der Waals surface area contributed by atoms with Crippen LogP contribution < -0.4 is 10.1 Å². The van der Waals surface area contributed by atoms with Gasteiger partial charge in [-0.2, -0.15) is 0 Å². The number of ether oxygens (including phenoxy) is 1. The van der Waals surface area contributed by atoms with E-state index in [-0.39, 0.29) is 5.69 Å². The molecule has 0 unspecified atom stereocenters. The molecule has 0 bridgehead atoms. The van der Waals surface area contributed by atoms with Gasteiger partial charge in [-0.25, -0.2) is 0 Å². The minimum atomic E-state index is -0.432. The summed E-state index contributed by atoms with van der Waals surface area (Å²) in [7, 11) is 1.48. The van der Waals surface area contributed by atoms with Crippen molar-refractivity contribution in [3.05, 3.63) is 41.0 Å². The zero-order valence-corrected chi connectivity index (χ0v) is 9.10. The number of rotatable bonds is 6. The highest BCUT2D eigenvalue weighted by Crippen LogP contribution is 2.28. The summed E-state index contributed by atoms with van der Waals surface area (Å²) in [6.07, 6.45) is 2.51. The largest absolute Gasteiger partial charge is 0.496 e. The fourth-order valence-electron chi connectivity index (χ4n) is 1.25. The van der Waals surface area contributed by atoms with E-state index >= 15 is 0 Å². The molecule has 1 aromatic carbocycles. The third kappa shape index (κ3) is 2.98. The number of nitrogens with zero attached hydrogens (tertiary/aromatic N) is 1. The first kappa shape index (κ1) is 12.0. The summed E-state index contributed by atoms with van der Waals surface area (Å²) in [6.45, 7) is 4.20. The summed E-state index contributed by atoms with van der Waals surface area (Å²) in [5.74, 6) is 0.473. The molecule has 0 aromatic heterocycles. The lowest BCUT2D eigenvalue weighted by Gasteiger charge is -2.07. The van der Waals surface area contributed by atoms with Crippen LogP contribution in [-0.2, 0) is 0 Å². The molecule has 0 aliphatic carbocycles. The van der Waals surface area contributed by atoms with Crippen molar-refractivity contribution in [2.75, 3.05) is 19.0 Å². The lowest BCUT2D eigenvalue weighted by Crippen LogP contribution is -2.03. The second kappa shape index (κ2) is 5.75. The Bertz CT molecular complexity index is 391. The molecule has 1 N–H and O–H groups in total. The van der Waals surface area contributed by atoms with Crippen molar-refractivity contribution < 1.29 is 9.66 Å². The third-order valence-electron chi connectivity index (χ3n) is 2.07. The number of hydrogen-bond acceptors (Lipinski definition) is 4. The van der Waals surface area contributed by atoms with E-state index in [4.69, 9.17) is 4.74 Å². The van der Waals surface area contributed by atoms with Gasteiger partial charge in [0, 0.05) is 6.54 Å². The van der Waals surface area contributed by atoms with Crippen molar-refractivity contribution in [3.8, 4) is 5.75 Å². The van der Waals surface area contributed by atoms with Gasteiger partial charge in [-0.15, -0.1) is 6.58 Å². The van der Waals surface area contributed by atoms with E-state index in [1.54, 1.807) is 18.2 Å². The van der Waals surface area contributed by atoms with Crippen molar-refractivity contribution in [1.29, 1.82) is 0 Å². The number of nitro benzene ring substituents is 1. The second-order valence-corrected chi connectivity index (χ2v) is 3.14. The van der Waals surface area contributed by atoms with Gasteiger partial charge in [0.25, 0.3) is 5.69 Å². The monoisotopic (exact) mass is 222 g/mol. The maximum atomic E-state index is 10.8. The lowest BCUT2D eigenvalue weighted by atomic mass is 10.2. The SMILES string of the molecule is C=CCCNc1ccc(OC)cc1[N+](=O)[O-]. The predicted octanol–water partition coefficient (Wildman–Crippen LogP) is 2.59. The maximum absolute atomic E-state index is 10.8. The van der Waals surface area contributed by atoms with Crippen LogP contribution in [0.5, 0.6) is 5.75 Å². The van der Waals surface area contributed by atoms with Gasteiger partial charge >= 0.3 is 0 Å². The second-order valence-electron chi connectivity index (χ2n) is 3.14. The Hall–Kier alpha value is -2.04. The van der Waals surface area contributed by atoms with Crippen LogP contribution in [0.4, 0.5) is 11.4 Å². The molecule has 0 heterocycles. The fourth-order valence-corrected chi connectivity index (χ4v) is 1.25. The summed E-state index contributed by atoms with van der Waals surface area (Å²) in [4.78, 5) is 10.4. The Morgan fingerprint density at radius 3 is 2.94 bits per heavy atom. The smallest absolute Gasteiger partial charge is 0.296 e. The van der Waals surface area contributed by atoms with Crippen molar-refractivity contribution in [2.24, 2.45) is 0 Å². The minimum Gasteiger partial charge on any atom is -0.496 e. The molecule has 1 aromatic rings.